The summed E-state index contributed by atoms with van der Waals surface area (Å²) >= 11 is 3.23. The SMILES string of the molecule is C=C(NNC(=O)c1cc(Br)ccc1O)c1ccco1. The van der Waals surface area contributed by atoms with Gasteiger partial charge in [0.2, 0.25) is 0 Å². The highest BCUT2D eigenvalue weighted by Gasteiger charge is 2.12. The molecular formula is C13H11BrN2O3. The lowest BCUT2D eigenvalue weighted by Crippen LogP contribution is -2.35. The maximum absolute atomic E-state index is 11.9. The third-order valence-corrected chi connectivity index (χ3v) is 2.84. The number of benzene rings is 1. The minimum absolute atomic E-state index is 0.105. The molecule has 0 aliphatic rings. The number of phenols is 1. The van der Waals surface area contributed by atoms with Crippen LogP contribution < -0.4 is 10.9 Å². The quantitative estimate of drug-likeness (QED) is 0.756. The number of nitrogens with one attached hydrogen (secondary N) is 2. The number of hydrogen-bond acceptors (Lipinski definition) is 4. The summed E-state index contributed by atoms with van der Waals surface area (Å²) < 4.78 is 5.80. The predicted octanol–water partition coefficient (Wildman–Crippen LogP) is 2.65. The van der Waals surface area contributed by atoms with Gasteiger partial charge < -0.3 is 9.52 Å². The molecule has 0 unspecified atom stereocenters. The van der Waals surface area contributed by atoms with Gasteiger partial charge in [-0.1, -0.05) is 22.5 Å². The van der Waals surface area contributed by atoms with Crippen LogP contribution in [0.4, 0.5) is 0 Å². The summed E-state index contributed by atoms with van der Waals surface area (Å²) in [6.45, 7) is 3.71. The van der Waals surface area contributed by atoms with E-state index in [0.717, 1.165) is 0 Å². The maximum atomic E-state index is 11.9. The number of rotatable bonds is 4. The van der Waals surface area contributed by atoms with Gasteiger partial charge in [0.25, 0.3) is 5.91 Å². The van der Waals surface area contributed by atoms with E-state index in [0.29, 0.717) is 15.9 Å². The monoisotopic (exact) mass is 322 g/mol. The number of amides is 1. The topological polar surface area (TPSA) is 74.5 Å². The molecule has 1 aromatic heterocycles. The van der Waals surface area contributed by atoms with Crippen LogP contribution in [0.15, 0.2) is 52.1 Å². The number of furan rings is 1. The third-order valence-electron chi connectivity index (χ3n) is 2.35. The van der Waals surface area contributed by atoms with Gasteiger partial charge >= 0.3 is 0 Å². The summed E-state index contributed by atoms with van der Waals surface area (Å²) in [7, 11) is 0. The van der Waals surface area contributed by atoms with Crippen molar-refractivity contribution in [3.05, 3.63) is 59.0 Å². The first-order valence-electron chi connectivity index (χ1n) is 5.35. The van der Waals surface area contributed by atoms with Crippen molar-refractivity contribution < 1.29 is 14.3 Å². The Morgan fingerprint density at radius 2 is 2.11 bits per heavy atom. The van der Waals surface area contributed by atoms with Crippen molar-refractivity contribution in [3.8, 4) is 5.75 Å². The lowest BCUT2D eigenvalue weighted by atomic mass is 10.2. The van der Waals surface area contributed by atoms with Gasteiger partial charge in [0.05, 0.1) is 17.5 Å². The number of hydrazine groups is 1. The number of hydrogen-bond donors (Lipinski definition) is 3. The Morgan fingerprint density at radius 3 is 2.79 bits per heavy atom. The summed E-state index contributed by atoms with van der Waals surface area (Å²) in [4.78, 5) is 11.9. The summed E-state index contributed by atoms with van der Waals surface area (Å²) in [5, 5.41) is 9.60. The molecule has 0 saturated carbocycles. The molecule has 0 aliphatic heterocycles. The smallest absolute Gasteiger partial charge is 0.273 e. The van der Waals surface area contributed by atoms with Crippen LogP contribution in [0.25, 0.3) is 5.70 Å². The van der Waals surface area contributed by atoms with Gasteiger partial charge in [0, 0.05) is 4.47 Å². The molecule has 3 N–H and O–H groups in total. The fraction of sp³-hybridized carbons (Fsp3) is 0. The first-order chi connectivity index (χ1) is 9.08. The first kappa shape index (κ1) is 13.2. The molecule has 0 bridgehead atoms. The Morgan fingerprint density at radius 1 is 1.32 bits per heavy atom. The van der Waals surface area contributed by atoms with Gasteiger partial charge in [-0.3, -0.25) is 15.6 Å². The van der Waals surface area contributed by atoms with Crippen molar-refractivity contribution in [1.82, 2.24) is 10.9 Å². The van der Waals surface area contributed by atoms with E-state index >= 15 is 0 Å². The third kappa shape index (κ3) is 3.17. The van der Waals surface area contributed by atoms with Gasteiger partial charge in [-0.05, 0) is 30.3 Å². The molecule has 1 heterocycles. The van der Waals surface area contributed by atoms with Crippen molar-refractivity contribution in [2.75, 3.05) is 0 Å². The van der Waals surface area contributed by atoms with Gasteiger partial charge in [0.15, 0.2) is 5.76 Å². The fourth-order valence-corrected chi connectivity index (χ4v) is 1.76. The highest BCUT2D eigenvalue weighted by atomic mass is 79.9. The lowest BCUT2D eigenvalue weighted by Gasteiger charge is -2.10. The van der Waals surface area contributed by atoms with Gasteiger partial charge in [-0.15, -0.1) is 0 Å². The van der Waals surface area contributed by atoms with Crippen molar-refractivity contribution in [1.29, 1.82) is 0 Å². The van der Waals surface area contributed by atoms with Crippen LogP contribution in [0.1, 0.15) is 16.1 Å². The molecule has 2 rings (SSSR count). The number of carbonyl (C=O) groups excluding carboxylic acids is 1. The zero-order valence-electron chi connectivity index (χ0n) is 9.81. The second kappa shape index (κ2) is 5.62. The minimum Gasteiger partial charge on any atom is -0.507 e. The zero-order chi connectivity index (χ0) is 13.8. The van der Waals surface area contributed by atoms with Crippen LogP contribution in [-0.4, -0.2) is 11.0 Å². The van der Waals surface area contributed by atoms with Crippen molar-refractivity contribution in [2.45, 2.75) is 0 Å². The van der Waals surface area contributed by atoms with Crippen LogP contribution in [-0.2, 0) is 0 Å². The summed E-state index contributed by atoms with van der Waals surface area (Å²) in [6.07, 6.45) is 1.50. The Labute approximate surface area is 118 Å². The minimum atomic E-state index is -0.480. The molecule has 98 valence electrons. The fourth-order valence-electron chi connectivity index (χ4n) is 1.40. The van der Waals surface area contributed by atoms with Crippen molar-refractivity contribution >= 4 is 27.5 Å². The Balaban J connectivity index is 2.02. The van der Waals surface area contributed by atoms with Crippen molar-refractivity contribution in [2.24, 2.45) is 0 Å². The molecule has 0 saturated heterocycles. The zero-order valence-corrected chi connectivity index (χ0v) is 11.4. The van der Waals surface area contributed by atoms with E-state index in [1.165, 1.54) is 18.4 Å². The molecule has 0 atom stereocenters. The molecule has 0 spiro atoms. The van der Waals surface area contributed by atoms with Crippen LogP contribution in [0.5, 0.6) is 5.75 Å². The lowest BCUT2D eigenvalue weighted by molar-refractivity contribution is 0.0939. The van der Waals surface area contributed by atoms with Gasteiger partial charge in [-0.25, -0.2) is 0 Å². The Hall–Kier alpha value is -2.21. The Bertz CT molecular complexity index is 608. The average molecular weight is 323 g/mol. The Kier molecular flexibility index (Phi) is 3.91. The van der Waals surface area contributed by atoms with Gasteiger partial charge in [-0.2, -0.15) is 0 Å². The summed E-state index contributed by atoms with van der Waals surface area (Å²) in [6, 6.07) is 8.01. The molecule has 6 heteroatoms. The van der Waals surface area contributed by atoms with Crippen LogP contribution in [0.3, 0.4) is 0 Å². The molecule has 0 fully saturated rings. The molecule has 1 amide bonds. The van der Waals surface area contributed by atoms with Crippen LogP contribution in [0.2, 0.25) is 0 Å². The second-order valence-electron chi connectivity index (χ2n) is 3.70. The predicted molar refractivity (Wildman–Crippen MR) is 74.2 cm³/mol. The summed E-state index contributed by atoms with van der Waals surface area (Å²) in [5.74, 6) is -0.0728. The summed E-state index contributed by atoms with van der Waals surface area (Å²) in [5.41, 5.74) is 5.60. The molecule has 0 aliphatic carbocycles. The maximum Gasteiger partial charge on any atom is 0.273 e. The van der Waals surface area contributed by atoms with E-state index in [1.54, 1.807) is 18.2 Å². The molecule has 1 aromatic carbocycles. The highest BCUT2D eigenvalue weighted by Crippen LogP contribution is 2.21. The van der Waals surface area contributed by atoms with Crippen molar-refractivity contribution in [3.63, 3.8) is 0 Å². The van der Waals surface area contributed by atoms with E-state index in [4.69, 9.17) is 4.42 Å². The normalized spacial score (nSPS) is 9.95. The molecule has 2 aromatic rings. The number of carbonyl (C=O) groups is 1. The van der Waals surface area contributed by atoms with E-state index in [-0.39, 0.29) is 11.3 Å². The van der Waals surface area contributed by atoms with Crippen LogP contribution in [0, 0.1) is 0 Å². The average Bonchev–Trinajstić information content (AvgIpc) is 2.92. The van der Waals surface area contributed by atoms with Crippen LogP contribution >= 0.6 is 15.9 Å². The van der Waals surface area contributed by atoms with E-state index in [9.17, 15) is 9.90 Å². The van der Waals surface area contributed by atoms with E-state index < -0.39 is 5.91 Å². The highest BCUT2D eigenvalue weighted by molar-refractivity contribution is 9.10. The number of phenolic OH excluding ortho intramolecular Hbond substituents is 1. The number of aromatic hydroxyl groups is 1. The standard InChI is InChI=1S/C13H11BrN2O3/c1-8(12-3-2-6-19-12)15-16-13(18)10-7-9(14)4-5-11(10)17/h2-7,15,17H,1H2,(H,16,18). The number of halogens is 1. The largest absolute Gasteiger partial charge is 0.507 e. The van der Waals surface area contributed by atoms with E-state index in [2.05, 4.69) is 33.4 Å². The first-order valence-corrected chi connectivity index (χ1v) is 6.15. The van der Waals surface area contributed by atoms with E-state index in [1.807, 2.05) is 0 Å². The molecular weight excluding hydrogens is 312 g/mol. The van der Waals surface area contributed by atoms with Gasteiger partial charge in [0.1, 0.15) is 5.75 Å². The second-order valence-corrected chi connectivity index (χ2v) is 4.61. The molecule has 5 nitrogen and oxygen atoms in total. The molecule has 0 radical (unpaired) electrons. The molecule has 19 heavy (non-hydrogen) atoms.